The van der Waals surface area contributed by atoms with Crippen LogP contribution in [0.25, 0.3) is 0 Å². The smallest absolute Gasteiger partial charge is 0.290 e. The number of aldehydes is 1. The van der Waals surface area contributed by atoms with Crippen molar-refractivity contribution in [3.63, 3.8) is 0 Å². The molecule has 0 aromatic heterocycles. The van der Waals surface area contributed by atoms with E-state index >= 15 is 0 Å². The van der Waals surface area contributed by atoms with Crippen molar-refractivity contribution in [1.82, 2.24) is 5.32 Å². The van der Waals surface area contributed by atoms with Crippen LogP contribution < -0.4 is 11.1 Å². The number of carbonyl (C=O) groups excluding carboxylic acids is 2. The zero-order valence-electron chi connectivity index (χ0n) is 12.5. The molecule has 0 spiro atoms. The first-order chi connectivity index (χ1) is 9.22. The molecule has 0 aliphatic carbocycles. The van der Waals surface area contributed by atoms with Crippen LogP contribution in [0.1, 0.15) is 12.8 Å². The summed E-state index contributed by atoms with van der Waals surface area (Å²) in [6.07, 6.45) is 1.85. The fraction of sp³-hybridized carbons (Fsp3) is 0.667. The molecule has 21 heavy (non-hydrogen) atoms. The molecule has 0 rings (SSSR count). The van der Waals surface area contributed by atoms with Crippen molar-refractivity contribution in [1.29, 1.82) is 0 Å². The van der Waals surface area contributed by atoms with Crippen LogP contribution in [0.2, 0.25) is 0 Å². The van der Waals surface area contributed by atoms with E-state index in [0.29, 0.717) is 52.0 Å². The summed E-state index contributed by atoms with van der Waals surface area (Å²) in [5.41, 5.74) is 5.27. The van der Waals surface area contributed by atoms with Gasteiger partial charge in [0.05, 0.1) is 19.8 Å². The molecule has 0 saturated heterocycles. The van der Waals surface area contributed by atoms with Crippen LogP contribution in [0, 0.1) is 7.43 Å². The van der Waals surface area contributed by atoms with Gasteiger partial charge < -0.3 is 37.9 Å². The van der Waals surface area contributed by atoms with E-state index < -0.39 is 0 Å². The van der Waals surface area contributed by atoms with Gasteiger partial charge in [-0.1, -0.05) is 0 Å². The number of carbonyl (C=O) groups is 3. The summed E-state index contributed by atoms with van der Waals surface area (Å²) in [4.78, 5) is 29.3. The summed E-state index contributed by atoms with van der Waals surface area (Å²) in [5.74, 6) is -0.00810. The molecule has 8 nitrogen and oxygen atoms in total. The minimum Gasteiger partial charge on any atom is -0.483 e. The molecule has 0 aliphatic heterocycles. The van der Waals surface area contributed by atoms with Crippen molar-refractivity contribution >= 4 is 18.7 Å². The van der Waals surface area contributed by atoms with Crippen LogP contribution in [0.15, 0.2) is 0 Å². The van der Waals surface area contributed by atoms with Gasteiger partial charge >= 0.3 is 0 Å². The molecule has 9 heteroatoms. The van der Waals surface area contributed by atoms with Crippen LogP contribution in [0.5, 0.6) is 0 Å². The van der Waals surface area contributed by atoms with Crippen LogP contribution in [0.4, 0.5) is 0 Å². The van der Waals surface area contributed by atoms with E-state index in [9.17, 15) is 9.59 Å². The maximum Gasteiger partial charge on any atom is 0.290 e. The Hall–Kier alpha value is -0.406. The number of amides is 1. The number of hydrogen-bond donors (Lipinski definition) is 3. The molecule has 0 unspecified atom stereocenters. The Morgan fingerprint density at radius 3 is 2.29 bits per heavy atom. The zero-order chi connectivity index (χ0) is 14.8. The number of carboxylic acid groups (broad SMARTS) is 1. The average molecular weight is 382 g/mol. The fourth-order valence-corrected chi connectivity index (χ4v) is 0.965. The topological polar surface area (TPSA) is 128 Å². The molecule has 0 bridgehead atoms. The minimum atomic E-state index is -0.250. The Labute approximate surface area is 151 Å². The van der Waals surface area contributed by atoms with Crippen molar-refractivity contribution in [3.8, 4) is 0 Å². The molecule has 0 aromatic rings. The molecule has 1 radical (unpaired) electrons. The van der Waals surface area contributed by atoms with Crippen LogP contribution >= 0.6 is 0 Å². The molecule has 123 valence electrons. The van der Waals surface area contributed by atoms with Crippen molar-refractivity contribution < 1.29 is 61.7 Å². The van der Waals surface area contributed by atoms with E-state index in [1.165, 1.54) is 0 Å². The molecule has 0 atom stereocenters. The van der Waals surface area contributed by atoms with Gasteiger partial charge in [0.2, 0.25) is 5.91 Å². The molecular weight excluding hydrogens is 357 g/mol. The molecule has 1 amide bonds. The van der Waals surface area contributed by atoms with Crippen molar-refractivity contribution in [2.45, 2.75) is 12.8 Å². The molecule has 0 fully saturated rings. The molecule has 4 N–H and O–H groups in total. The van der Waals surface area contributed by atoms with E-state index in [0.717, 1.165) is 0 Å². The summed E-state index contributed by atoms with van der Waals surface area (Å²) < 4.78 is 10.0. The Bertz CT molecular complexity index is 232. The van der Waals surface area contributed by atoms with Gasteiger partial charge in [0.15, 0.2) is 0 Å². The molecule has 0 aromatic carbocycles. The molecule has 0 saturated carbocycles. The number of nitrogens with two attached hydrogens (primary N) is 1. The largest absolute Gasteiger partial charge is 0.483 e. The molecular formula is C12H25N2O6Y-. The first-order valence-electron chi connectivity index (χ1n) is 5.86. The number of hydrogen-bond acceptors (Lipinski definition) is 6. The van der Waals surface area contributed by atoms with Gasteiger partial charge in [0.1, 0.15) is 12.9 Å². The second kappa shape index (κ2) is 27.9. The number of ether oxygens (including phenoxy) is 2. The monoisotopic (exact) mass is 382 g/mol. The third-order valence-electron chi connectivity index (χ3n) is 1.73. The van der Waals surface area contributed by atoms with E-state index in [-0.39, 0.29) is 59.1 Å². The van der Waals surface area contributed by atoms with Crippen molar-refractivity contribution in [2.75, 3.05) is 39.5 Å². The summed E-state index contributed by atoms with van der Waals surface area (Å²) in [6.45, 7) is 2.11. The minimum absolute atomic E-state index is 0. The van der Waals surface area contributed by atoms with Crippen molar-refractivity contribution in [2.24, 2.45) is 5.73 Å². The third-order valence-corrected chi connectivity index (χ3v) is 1.73. The van der Waals surface area contributed by atoms with E-state index in [1.54, 1.807) is 0 Å². The average Bonchev–Trinajstić information content (AvgIpc) is 2.40. The first kappa shape index (κ1) is 28.7. The normalized spacial score (nSPS) is 8.24. The van der Waals surface area contributed by atoms with E-state index in [4.69, 9.17) is 25.1 Å². The van der Waals surface area contributed by atoms with Crippen molar-refractivity contribution in [3.05, 3.63) is 7.43 Å². The van der Waals surface area contributed by atoms with Gasteiger partial charge in [0, 0.05) is 45.7 Å². The number of nitrogens with one attached hydrogen (secondary N) is 1. The third kappa shape index (κ3) is 32.8. The van der Waals surface area contributed by atoms with Gasteiger partial charge in [-0.05, 0) is 13.0 Å². The summed E-state index contributed by atoms with van der Waals surface area (Å²) >= 11 is 0. The Kier molecular flexibility index (Phi) is 38.1. The van der Waals surface area contributed by atoms with E-state index in [2.05, 4.69) is 5.32 Å². The quantitative estimate of drug-likeness (QED) is 0.243. The standard InChI is InChI=1S/C10H20N2O4.CH2O2.CH3.Y/c11-3-1-2-10(14)12-4-6-15-8-9-16-7-5-13;2-1-3;;/h5H,1-4,6-9,11H2,(H,12,14);1H,(H,2,3);1H3;/q;;-1;. The van der Waals surface area contributed by atoms with Gasteiger partial charge in [-0.25, -0.2) is 0 Å². The Balaban J connectivity index is -0.000000264. The first-order valence-corrected chi connectivity index (χ1v) is 5.86. The SMILES string of the molecule is NCCCC(=O)NCCOCCOCC=O.O=CO.[CH3-].[Y]. The summed E-state index contributed by atoms with van der Waals surface area (Å²) in [5, 5.41) is 9.59. The van der Waals surface area contributed by atoms with Gasteiger partial charge in [-0.2, -0.15) is 0 Å². The predicted octanol–water partition coefficient (Wildman–Crippen LogP) is -0.778. The van der Waals surface area contributed by atoms with E-state index in [1.807, 2.05) is 0 Å². The molecule has 0 heterocycles. The number of rotatable bonds is 11. The molecule has 0 aliphatic rings. The Morgan fingerprint density at radius 2 is 1.76 bits per heavy atom. The van der Waals surface area contributed by atoms with Crippen LogP contribution in [-0.2, 0) is 56.6 Å². The van der Waals surface area contributed by atoms with Crippen LogP contribution in [0.3, 0.4) is 0 Å². The maximum absolute atomic E-state index is 11.1. The zero-order valence-corrected chi connectivity index (χ0v) is 15.3. The van der Waals surface area contributed by atoms with Crippen LogP contribution in [-0.4, -0.2) is 63.3 Å². The van der Waals surface area contributed by atoms with Gasteiger partial charge in [-0.15, -0.1) is 0 Å². The maximum atomic E-state index is 11.1. The second-order valence-electron chi connectivity index (χ2n) is 3.20. The Morgan fingerprint density at radius 1 is 1.19 bits per heavy atom. The summed E-state index contributed by atoms with van der Waals surface area (Å²) in [6, 6.07) is 0. The summed E-state index contributed by atoms with van der Waals surface area (Å²) in [7, 11) is 0. The predicted molar refractivity (Wildman–Crippen MR) is 74.1 cm³/mol. The fourth-order valence-electron chi connectivity index (χ4n) is 0.965. The van der Waals surface area contributed by atoms with Gasteiger partial charge in [-0.3, -0.25) is 9.59 Å². The van der Waals surface area contributed by atoms with Gasteiger partial charge in [0.25, 0.3) is 6.47 Å². The second-order valence-corrected chi connectivity index (χ2v) is 3.20.